The molecule has 0 atom stereocenters. The van der Waals surface area contributed by atoms with E-state index in [1.807, 2.05) is 0 Å². The number of ether oxygens (including phenoxy) is 1. The van der Waals surface area contributed by atoms with Crippen LogP contribution in [0.25, 0.3) is 0 Å². The van der Waals surface area contributed by atoms with Gasteiger partial charge in [0.25, 0.3) is 0 Å². The average Bonchev–Trinajstić information content (AvgIpc) is 2.42. The molecule has 0 saturated carbocycles. The Bertz CT molecular complexity index is 627. The Balaban J connectivity index is 2.31. The molecule has 104 valence electrons. The van der Waals surface area contributed by atoms with Crippen molar-refractivity contribution in [2.24, 2.45) is 0 Å². The molecule has 0 radical (unpaired) electrons. The number of carbonyl (C=O) groups is 1. The number of esters is 1. The third kappa shape index (κ3) is 2.86. The van der Waals surface area contributed by atoms with Crippen molar-refractivity contribution in [1.82, 2.24) is 0 Å². The SMILES string of the molecule is Cc1cc(CO)cc(C)c1OC(=O)c1ccccc1F. The summed E-state index contributed by atoms with van der Waals surface area (Å²) in [5.41, 5.74) is 2.08. The fraction of sp³-hybridized carbons (Fsp3) is 0.188. The van der Waals surface area contributed by atoms with Gasteiger partial charge in [0.15, 0.2) is 0 Å². The van der Waals surface area contributed by atoms with E-state index in [9.17, 15) is 9.18 Å². The zero-order valence-electron chi connectivity index (χ0n) is 11.3. The Kier molecular flexibility index (Phi) is 4.15. The van der Waals surface area contributed by atoms with Crippen LogP contribution < -0.4 is 4.74 Å². The van der Waals surface area contributed by atoms with Gasteiger partial charge < -0.3 is 9.84 Å². The van der Waals surface area contributed by atoms with Crippen LogP contribution in [0.2, 0.25) is 0 Å². The van der Waals surface area contributed by atoms with E-state index in [4.69, 9.17) is 9.84 Å². The summed E-state index contributed by atoms with van der Waals surface area (Å²) < 4.78 is 18.8. The molecule has 2 aromatic carbocycles. The van der Waals surface area contributed by atoms with Crippen molar-refractivity contribution in [2.45, 2.75) is 20.5 Å². The van der Waals surface area contributed by atoms with Crippen LogP contribution in [-0.2, 0) is 6.61 Å². The van der Waals surface area contributed by atoms with Gasteiger partial charge in [-0.15, -0.1) is 0 Å². The van der Waals surface area contributed by atoms with Crippen LogP contribution in [0, 0.1) is 19.7 Å². The van der Waals surface area contributed by atoms with E-state index in [0.717, 1.165) is 16.7 Å². The smallest absolute Gasteiger partial charge is 0.346 e. The Morgan fingerprint density at radius 1 is 1.20 bits per heavy atom. The summed E-state index contributed by atoms with van der Waals surface area (Å²) in [6, 6.07) is 9.15. The minimum atomic E-state index is -0.731. The van der Waals surface area contributed by atoms with E-state index in [-0.39, 0.29) is 12.2 Å². The Morgan fingerprint density at radius 2 is 1.80 bits per heavy atom. The molecular formula is C16H15FO3. The summed E-state index contributed by atoms with van der Waals surface area (Å²) in [4.78, 5) is 12.0. The largest absolute Gasteiger partial charge is 0.422 e. The van der Waals surface area contributed by atoms with Crippen LogP contribution in [0.5, 0.6) is 5.75 Å². The second kappa shape index (κ2) is 5.84. The number of aliphatic hydroxyl groups is 1. The van der Waals surface area contributed by atoms with Crippen LogP contribution in [0.1, 0.15) is 27.0 Å². The van der Waals surface area contributed by atoms with Gasteiger partial charge in [0, 0.05) is 0 Å². The number of rotatable bonds is 3. The Labute approximate surface area is 116 Å². The van der Waals surface area contributed by atoms with E-state index in [1.54, 1.807) is 32.0 Å². The van der Waals surface area contributed by atoms with Crippen molar-refractivity contribution < 1.29 is 19.0 Å². The second-order valence-corrected chi connectivity index (χ2v) is 4.59. The van der Waals surface area contributed by atoms with E-state index >= 15 is 0 Å². The fourth-order valence-electron chi connectivity index (χ4n) is 2.07. The van der Waals surface area contributed by atoms with E-state index in [1.165, 1.54) is 18.2 Å². The van der Waals surface area contributed by atoms with Gasteiger partial charge in [-0.25, -0.2) is 9.18 Å². The maximum absolute atomic E-state index is 13.5. The topological polar surface area (TPSA) is 46.5 Å². The van der Waals surface area contributed by atoms with Crippen LogP contribution in [-0.4, -0.2) is 11.1 Å². The third-order valence-corrected chi connectivity index (χ3v) is 2.99. The van der Waals surface area contributed by atoms with Gasteiger partial charge in [0.05, 0.1) is 12.2 Å². The van der Waals surface area contributed by atoms with E-state index in [0.29, 0.717) is 5.75 Å². The molecule has 0 heterocycles. The van der Waals surface area contributed by atoms with Crippen LogP contribution >= 0.6 is 0 Å². The summed E-state index contributed by atoms with van der Waals surface area (Å²) >= 11 is 0. The zero-order chi connectivity index (χ0) is 14.7. The molecular weight excluding hydrogens is 259 g/mol. The molecule has 20 heavy (non-hydrogen) atoms. The lowest BCUT2D eigenvalue weighted by Gasteiger charge is -2.12. The highest BCUT2D eigenvalue weighted by Crippen LogP contribution is 2.26. The van der Waals surface area contributed by atoms with Gasteiger partial charge in [0.2, 0.25) is 0 Å². The van der Waals surface area contributed by atoms with Gasteiger partial charge in [-0.05, 0) is 42.7 Å². The van der Waals surface area contributed by atoms with Gasteiger partial charge >= 0.3 is 5.97 Å². The molecule has 0 unspecified atom stereocenters. The summed E-state index contributed by atoms with van der Waals surface area (Å²) in [6.45, 7) is 3.47. The van der Waals surface area contributed by atoms with Crippen molar-refractivity contribution in [1.29, 1.82) is 0 Å². The summed E-state index contributed by atoms with van der Waals surface area (Å²) in [6.07, 6.45) is 0. The first-order chi connectivity index (χ1) is 9.52. The third-order valence-electron chi connectivity index (χ3n) is 2.99. The molecule has 0 spiro atoms. The highest BCUT2D eigenvalue weighted by Gasteiger charge is 2.16. The highest BCUT2D eigenvalue weighted by molar-refractivity contribution is 5.91. The van der Waals surface area contributed by atoms with Crippen molar-refractivity contribution in [3.05, 3.63) is 64.5 Å². The molecule has 0 aromatic heterocycles. The molecule has 0 aliphatic heterocycles. The minimum Gasteiger partial charge on any atom is -0.422 e. The predicted molar refractivity (Wildman–Crippen MR) is 73.2 cm³/mol. The molecule has 2 aromatic rings. The summed E-state index contributed by atoms with van der Waals surface area (Å²) in [5, 5.41) is 9.12. The number of hydrogen-bond acceptors (Lipinski definition) is 3. The lowest BCUT2D eigenvalue weighted by atomic mass is 10.1. The monoisotopic (exact) mass is 274 g/mol. The van der Waals surface area contributed by atoms with Crippen molar-refractivity contribution in [3.8, 4) is 5.75 Å². The minimum absolute atomic E-state index is 0.0801. The van der Waals surface area contributed by atoms with Crippen LogP contribution in [0.4, 0.5) is 4.39 Å². The normalized spacial score (nSPS) is 10.4. The Morgan fingerprint density at radius 3 is 2.35 bits per heavy atom. The molecule has 0 saturated heterocycles. The molecule has 0 bridgehead atoms. The summed E-state index contributed by atoms with van der Waals surface area (Å²) in [7, 11) is 0. The molecule has 0 aliphatic carbocycles. The standard InChI is InChI=1S/C16H15FO3/c1-10-7-12(9-18)8-11(2)15(10)20-16(19)13-5-3-4-6-14(13)17/h3-8,18H,9H2,1-2H3. The maximum atomic E-state index is 13.5. The molecule has 2 rings (SSSR count). The van der Waals surface area contributed by atoms with Crippen molar-refractivity contribution in [3.63, 3.8) is 0 Å². The molecule has 0 fully saturated rings. The summed E-state index contributed by atoms with van der Waals surface area (Å²) in [5.74, 6) is -0.943. The number of benzene rings is 2. The first-order valence-corrected chi connectivity index (χ1v) is 6.20. The average molecular weight is 274 g/mol. The number of halogens is 1. The van der Waals surface area contributed by atoms with Gasteiger partial charge in [-0.1, -0.05) is 24.3 Å². The van der Waals surface area contributed by atoms with Crippen LogP contribution in [0.15, 0.2) is 36.4 Å². The lowest BCUT2D eigenvalue weighted by molar-refractivity contribution is 0.0727. The van der Waals surface area contributed by atoms with Gasteiger partial charge in [-0.3, -0.25) is 0 Å². The zero-order valence-corrected chi connectivity index (χ0v) is 11.3. The van der Waals surface area contributed by atoms with Gasteiger partial charge in [0.1, 0.15) is 11.6 Å². The first-order valence-electron chi connectivity index (χ1n) is 6.20. The molecule has 0 aliphatic rings. The fourth-order valence-corrected chi connectivity index (χ4v) is 2.07. The van der Waals surface area contributed by atoms with Crippen LogP contribution in [0.3, 0.4) is 0 Å². The Hall–Kier alpha value is -2.20. The van der Waals surface area contributed by atoms with E-state index in [2.05, 4.69) is 0 Å². The van der Waals surface area contributed by atoms with E-state index < -0.39 is 11.8 Å². The van der Waals surface area contributed by atoms with Crippen molar-refractivity contribution >= 4 is 5.97 Å². The van der Waals surface area contributed by atoms with Gasteiger partial charge in [-0.2, -0.15) is 0 Å². The quantitative estimate of drug-likeness (QED) is 0.691. The number of aliphatic hydroxyl groups excluding tert-OH is 1. The molecule has 1 N–H and O–H groups in total. The second-order valence-electron chi connectivity index (χ2n) is 4.59. The molecule has 4 heteroatoms. The number of aryl methyl sites for hydroxylation is 2. The lowest BCUT2D eigenvalue weighted by Crippen LogP contribution is -2.12. The predicted octanol–water partition coefficient (Wildman–Crippen LogP) is 3.15. The molecule has 0 amide bonds. The number of hydrogen-bond donors (Lipinski definition) is 1. The highest BCUT2D eigenvalue weighted by atomic mass is 19.1. The molecule has 3 nitrogen and oxygen atoms in total. The number of carbonyl (C=O) groups excluding carboxylic acids is 1. The first kappa shape index (κ1) is 14.2. The maximum Gasteiger partial charge on any atom is 0.346 e. The van der Waals surface area contributed by atoms with Crippen molar-refractivity contribution in [2.75, 3.05) is 0 Å².